The summed E-state index contributed by atoms with van der Waals surface area (Å²) in [5.74, 6) is -1.16. The van der Waals surface area contributed by atoms with Gasteiger partial charge in [0.25, 0.3) is 5.91 Å². The highest BCUT2D eigenvalue weighted by atomic mass is 16.5. The van der Waals surface area contributed by atoms with Gasteiger partial charge in [0.2, 0.25) is 5.76 Å². The largest absolute Gasteiger partial charge is 0.475 e. The van der Waals surface area contributed by atoms with Crippen molar-refractivity contribution >= 4 is 11.9 Å². The lowest BCUT2D eigenvalue weighted by atomic mass is 10.3. The number of carboxylic acids is 1. The monoisotopic (exact) mass is 292 g/mol. The third-order valence-corrected chi connectivity index (χ3v) is 2.89. The molecule has 112 valence electrons. The van der Waals surface area contributed by atoms with Crippen molar-refractivity contribution in [1.29, 1.82) is 0 Å². The molecule has 2 aromatic rings. The Morgan fingerprint density at radius 2 is 2.19 bits per heavy atom. The van der Waals surface area contributed by atoms with Gasteiger partial charge in [-0.25, -0.2) is 4.79 Å². The van der Waals surface area contributed by atoms with E-state index in [1.807, 2.05) is 0 Å². The Morgan fingerprint density at radius 1 is 1.38 bits per heavy atom. The zero-order chi connectivity index (χ0) is 15.2. The molecule has 2 aromatic heterocycles. The maximum atomic E-state index is 12.1. The molecule has 0 bridgehead atoms. The quantitative estimate of drug-likeness (QED) is 0.803. The van der Waals surface area contributed by atoms with Crippen LogP contribution in [-0.4, -0.2) is 35.3 Å². The SMILES string of the molecule is COCCn1cccc1C(=O)NCc1ccc(C(=O)O)o1. The molecule has 0 radical (unpaired) electrons. The number of carbonyl (C=O) groups excluding carboxylic acids is 1. The van der Waals surface area contributed by atoms with Crippen LogP contribution >= 0.6 is 0 Å². The van der Waals surface area contributed by atoms with E-state index in [0.717, 1.165) is 0 Å². The Balaban J connectivity index is 1.95. The summed E-state index contributed by atoms with van der Waals surface area (Å²) in [7, 11) is 1.60. The molecule has 0 aliphatic carbocycles. The highest BCUT2D eigenvalue weighted by Crippen LogP contribution is 2.08. The Bertz CT molecular complexity index is 629. The molecule has 0 aromatic carbocycles. The van der Waals surface area contributed by atoms with Crippen molar-refractivity contribution in [3.8, 4) is 0 Å². The number of methoxy groups -OCH3 is 1. The summed E-state index contributed by atoms with van der Waals surface area (Å²) in [4.78, 5) is 22.8. The van der Waals surface area contributed by atoms with Gasteiger partial charge in [-0.2, -0.15) is 0 Å². The molecule has 0 spiro atoms. The third kappa shape index (κ3) is 3.73. The number of carboxylic acid groups (broad SMARTS) is 1. The maximum absolute atomic E-state index is 12.1. The molecule has 7 heteroatoms. The molecule has 0 aliphatic rings. The minimum atomic E-state index is -1.14. The standard InChI is InChI=1S/C14H16N2O5/c1-20-8-7-16-6-2-3-11(16)13(17)15-9-10-4-5-12(21-10)14(18)19/h2-6H,7-9H2,1H3,(H,15,17)(H,18,19). The van der Waals surface area contributed by atoms with Crippen molar-refractivity contribution in [3.05, 3.63) is 47.7 Å². The number of hydrogen-bond acceptors (Lipinski definition) is 4. The number of hydrogen-bond donors (Lipinski definition) is 2. The van der Waals surface area contributed by atoms with Gasteiger partial charge in [0.15, 0.2) is 0 Å². The van der Waals surface area contributed by atoms with Gasteiger partial charge < -0.3 is 24.1 Å². The third-order valence-electron chi connectivity index (χ3n) is 2.89. The Kier molecular flexibility index (Phi) is 4.78. The Morgan fingerprint density at radius 3 is 2.86 bits per heavy atom. The zero-order valence-corrected chi connectivity index (χ0v) is 11.5. The molecule has 0 unspecified atom stereocenters. The van der Waals surface area contributed by atoms with E-state index < -0.39 is 5.97 Å². The van der Waals surface area contributed by atoms with E-state index in [0.29, 0.717) is 24.6 Å². The van der Waals surface area contributed by atoms with Crippen molar-refractivity contribution in [2.45, 2.75) is 13.1 Å². The van der Waals surface area contributed by atoms with Crippen LogP contribution in [-0.2, 0) is 17.8 Å². The summed E-state index contributed by atoms with van der Waals surface area (Å²) in [6, 6.07) is 6.36. The number of amides is 1. The maximum Gasteiger partial charge on any atom is 0.371 e. The second kappa shape index (κ2) is 6.76. The van der Waals surface area contributed by atoms with Crippen LogP contribution in [0.4, 0.5) is 0 Å². The van der Waals surface area contributed by atoms with Crippen molar-refractivity contribution < 1.29 is 23.8 Å². The van der Waals surface area contributed by atoms with Crippen LogP contribution in [0.25, 0.3) is 0 Å². The summed E-state index contributed by atoms with van der Waals surface area (Å²) in [6.07, 6.45) is 1.79. The average Bonchev–Trinajstić information content (AvgIpc) is 3.11. The van der Waals surface area contributed by atoms with Crippen molar-refractivity contribution in [3.63, 3.8) is 0 Å². The first-order valence-corrected chi connectivity index (χ1v) is 6.36. The molecule has 0 saturated carbocycles. The van der Waals surface area contributed by atoms with Gasteiger partial charge in [-0.15, -0.1) is 0 Å². The van der Waals surface area contributed by atoms with E-state index in [-0.39, 0.29) is 18.2 Å². The smallest absolute Gasteiger partial charge is 0.371 e. The van der Waals surface area contributed by atoms with Crippen LogP contribution in [0.1, 0.15) is 26.8 Å². The van der Waals surface area contributed by atoms with Crippen molar-refractivity contribution in [1.82, 2.24) is 9.88 Å². The molecule has 21 heavy (non-hydrogen) atoms. The van der Waals surface area contributed by atoms with E-state index >= 15 is 0 Å². The number of rotatable bonds is 7. The highest BCUT2D eigenvalue weighted by Gasteiger charge is 2.13. The lowest BCUT2D eigenvalue weighted by Gasteiger charge is -2.08. The van der Waals surface area contributed by atoms with E-state index in [4.69, 9.17) is 14.3 Å². The molecule has 2 heterocycles. The van der Waals surface area contributed by atoms with Crippen LogP contribution in [0.15, 0.2) is 34.9 Å². The van der Waals surface area contributed by atoms with Crippen LogP contribution in [0.3, 0.4) is 0 Å². The zero-order valence-electron chi connectivity index (χ0n) is 11.5. The summed E-state index contributed by atoms with van der Waals surface area (Å²) < 4.78 is 11.8. The van der Waals surface area contributed by atoms with Crippen LogP contribution < -0.4 is 5.32 Å². The highest BCUT2D eigenvalue weighted by molar-refractivity contribution is 5.92. The van der Waals surface area contributed by atoms with Gasteiger partial charge in [-0.05, 0) is 24.3 Å². The molecule has 0 aliphatic heterocycles. The fraction of sp³-hybridized carbons (Fsp3) is 0.286. The number of nitrogens with one attached hydrogen (secondary N) is 1. The second-order valence-corrected chi connectivity index (χ2v) is 4.33. The lowest BCUT2D eigenvalue weighted by Crippen LogP contribution is -2.25. The number of aromatic carboxylic acids is 1. The summed E-state index contributed by atoms with van der Waals surface area (Å²) in [5, 5.41) is 11.4. The number of carbonyl (C=O) groups is 2. The van der Waals surface area contributed by atoms with Crippen LogP contribution in [0.2, 0.25) is 0 Å². The molecule has 0 atom stereocenters. The molecular formula is C14H16N2O5. The van der Waals surface area contributed by atoms with E-state index in [1.54, 1.807) is 30.0 Å². The van der Waals surface area contributed by atoms with Gasteiger partial charge >= 0.3 is 5.97 Å². The lowest BCUT2D eigenvalue weighted by molar-refractivity contribution is 0.0660. The minimum Gasteiger partial charge on any atom is -0.475 e. The first-order chi connectivity index (χ1) is 10.1. The number of nitrogens with zero attached hydrogens (tertiary/aromatic N) is 1. The molecule has 1 amide bonds. The molecule has 0 fully saturated rings. The number of furan rings is 1. The van der Waals surface area contributed by atoms with E-state index in [1.165, 1.54) is 12.1 Å². The van der Waals surface area contributed by atoms with Gasteiger partial charge in [0.05, 0.1) is 13.2 Å². The predicted octanol–water partition coefficient (Wildman–Crippen LogP) is 1.36. The van der Waals surface area contributed by atoms with Crippen LogP contribution in [0.5, 0.6) is 0 Å². The Hall–Kier alpha value is -2.54. The Labute approximate surface area is 121 Å². The molecule has 7 nitrogen and oxygen atoms in total. The predicted molar refractivity (Wildman–Crippen MR) is 73.1 cm³/mol. The number of aromatic nitrogens is 1. The average molecular weight is 292 g/mol. The fourth-order valence-corrected chi connectivity index (χ4v) is 1.85. The minimum absolute atomic E-state index is 0.127. The number of ether oxygens (including phenoxy) is 1. The van der Waals surface area contributed by atoms with Gasteiger partial charge in [-0.3, -0.25) is 4.79 Å². The van der Waals surface area contributed by atoms with Gasteiger partial charge in [0.1, 0.15) is 11.5 Å². The van der Waals surface area contributed by atoms with E-state index in [2.05, 4.69) is 5.32 Å². The van der Waals surface area contributed by atoms with Crippen LogP contribution in [0, 0.1) is 0 Å². The van der Waals surface area contributed by atoms with Crippen molar-refractivity contribution in [2.75, 3.05) is 13.7 Å². The fourth-order valence-electron chi connectivity index (χ4n) is 1.85. The molecule has 2 rings (SSSR count). The molecule has 2 N–H and O–H groups in total. The van der Waals surface area contributed by atoms with Gasteiger partial charge in [-0.1, -0.05) is 0 Å². The van der Waals surface area contributed by atoms with E-state index in [9.17, 15) is 9.59 Å². The topological polar surface area (TPSA) is 93.7 Å². The molecular weight excluding hydrogens is 276 g/mol. The molecule has 0 saturated heterocycles. The first-order valence-electron chi connectivity index (χ1n) is 6.36. The normalized spacial score (nSPS) is 10.5. The summed E-state index contributed by atoms with van der Waals surface area (Å²) >= 11 is 0. The summed E-state index contributed by atoms with van der Waals surface area (Å²) in [5.41, 5.74) is 0.511. The van der Waals surface area contributed by atoms with Gasteiger partial charge in [0, 0.05) is 19.9 Å². The first kappa shape index (κ1) is 14.9. The second-order valence-electron chi connectivity index (χ2n) is 4.33. The summed E-state index contributed by atoms with van der Waals surface area (Å²) in [6.45, 7) is 1.22. The van der Waals surface area contributed by atoms with Crippen molar-refractivity contribution in [2.24, 2.45) is 0 Å².